The standard InChI is InChI=1S/C30H33F4N7O3/c1-2-4-39-5-3-18-16-41(17-26(18)39)25-12-23(31)20(19-13-36-29(37-14-19)40-6-8-44-9-7-40)10-24(25)38-28(43)21-15-35-27(42)11-22(21)30(32,33)34/h10-15,18,26H,2-9,16-17H2,1H3,(H,35,42)(H,38,43)/t18-,26+/m0/s1. The van der Waals surface area contributed by atoms with Gasteiger partial charge in [0.2, 0.25) is 11.5 Å². The summed E-state index contributed by atoms with van der Waals surface area (Å²) >= 11 is 0. The summed E-state index contributed by atoms with van der Waals surface area (Å²) in [5.74, 6) is -0.841. The molecule has 14 heteroatoms. The van der Waals surface area contributed by atoms with Crippen molar-refractivity contribution in [3.63, 3.8) is 0 Å². The number of ether oxygens (including phenoxy) is 1. The SMILES string of the molecule is CCCN1CC[C@H]2CN(c3cc(F)c(-c4cnc(N5CCOCC5)nc4)cc3NC(=O)c3c[nH]c(=O)cc3C(F)(F)F)C[C@H]21. The number of aromatic nitrogens is 3. The molecule has 0 radical (unpaired) electrons. The van der Waals surface area contributed by atoms with Gasteiger partial charge in [-0.1, -0.05) is 6.92 Å². The van der Waals surface area contributed by atoms with Crippen molar-refractivity contribution in [1.29, 1.82) is 0 Å². The number of fused-ring (bicyclic) bond motifs is 1. The first-order valence-corrected chi connectivity index (χ1v) is 14.7. The van der Waals surface area contributed by atoms with Gasteiger partial charge in [-0.25, -0.2) is 14.4 Å². The summed E-state index contributed by atoms with van der Waals surface area (Å²) in [6.45, 7) is 7.60. The van der Waals surface area contributed by atoms with Crippen molar-refractivity contribution in [1.82, 2.24) is 19.9 Å². The second-order valence-electron chi connectivity index (χ2n) is 11.4. The molecule has 5 heterocycles. The minimum atomic E-state index is -4.94. The van der Waals surface area contributed by atoms with Gasteiger partial charge in [0.15, 0.2) is 0 Å². The number of anilines is 3. The number of carbonyl (C=O) groups is 1. The molecule has 2 atom stereocenters. The Labute approximate surface area is 251 Å². The average Bonchev–Trinajstić information content (AvgIpc) is 3.60. The van der Waals surface area contributed by atoms with Gasteiger partial charge >= 0.3 is 6.18 Å². The molecule has 1 aromatic carbocycles. The molecular weight excluding hydrogens is 582 g/mol. The number of H-pyrrole nitrogens is 1. The Hall–Kier alpha value is -4.04. The Morgan fingerprint density at radius 2 is 1.84 bits per heavy atom. The number of aromatic amines is 1. The molecule has 3 aliphatic heterocycles. The van der Waals surface area contributed by atoms with Crippen LogP contribution >= 0.6 is 0 Å². The van der Waals surface area contributed by atoms with Gasteiger partial charge in [-0.2, -0.15) is 13.2 Å². The highest BCUT2D eigenvalue weighted by atomic mass is 19.4. The summed E-state index contributed by atoms with van der Waals surface area (Å²) in [7, 11) is 0. The third kappa shape index (κ3) is 6.00. The van der Waals surface area contributed by atoms with E-state index in [2.05, 4.69) is 32.1 Å². The van der Waals surface area contributed by atoms with E-state index in [1.807, 2.05) is 9.80 Å². The van der Waals surface area contributed by atoms with E-state index < -0.39 is 34.6 Å². The zero-order chi connectivity index (χ0) is 31.0. The molecule has 3 saturated heterocycles. The van der Waals surface area contributed by atoms with Crippen molar-refractivity contribution in [3.05, 3.63) is 64.1 Å². The van der Waals surface area contributed by atoms with Crippen molar-refractivity contribution in [3.8, 4) is 11.1 Å². The largest absolute Gasteiger partial charge is 0.417 e. The average molecular weight is 616 g/mol. The minimum Gasteiger partial charge on any atom is -0.378 e. The first-order chi connectivity index (χ1) is 21.1. The van der Waals surface area contributed by atoms with Crippen LogP contribution in [0, 0.1) is 11.7 Å². The predicted molar refractivity (Wildman–Crippen MR) is 156 cm³/mol. The normalized spacial score (nSPS) is 20.7. The molecule has 0 unspecified atom stereocenters. The third-order valence-electron chi connectivity index (χ3n) is 8.57. The number of hydrogen-bond donors (Lipinski definition) is 2. The molecule has 6 rings (SSSR count). The van der Waals surface area contributed by atoms with Gasteiger partial charge in [0.1, 0.15) is 5.82 Å². The van der Waals surface area contributed by atoms with E-state index >= 15 is 4.39 Å². The number of hydrogen-bond acceptors (Lipinski definition) is 8. The van der Waals surface area contributed by atoms with Crippen molar-refractivity contribution in [2.24, 2.45) is 5.92 Å². The van der Waals surface area contributed by atoms with Crippen molar-refractivity contribution < 1.29 is 27.1 Å². The molecule has 2 N–H and O–H groups in total. The van der Waals surface area contributed by atoms with Crippen LogP contribution in [-0.2, 0) is 10.9 Å². The molecule has 3 aliphatic rings. The molecule has 0 aliphatic carbocycles. The van der Waals surface area contributed by atoms with Gasteiger partial charge in [0.25, 0.3) is 5.91 Å². The van der Waals surface area contributed by atoms with Gasteiger partial charge < -0.3 is 24.8 Å². The topological polar surface area (TPSA) is 107 Å². The molecule has 0 bridgehead atoms. The van der Waals surface area contributed by atoms with Crippen LogP contribution in [0.1, 0.15) is 35.7 Å². The lowest BCUT2D eigenvalue weighted by Gasteiger charge is -2.27. The van der Waals surface area contributed by atoms with E-state index in [-0.39, 0.29) is 17.3 Å². The summed E-state index contributed by atoms with van der Waals surface area (Å²) in [5, 5.41) is 2.59. The second-order valence-corrected chi connectivity index (χ2v) is 11.4. The number of pyridine rings is 1. The molecule has 234 valence electrons. The molecular formula is C30H33F4N7O3. The number of rotatable bonds is 7. The number of carbonyl (C=O) groups excluding carboxylic acids is 1. The first kappa shape index (κ1) is 30.0. The fourth-order valence-electron chi connectivity index (χ4n) is 6.43. The highest BCUT2D eigenvalue weighted by molar-refractivity contribution is 6.07. The molecule has 10 nitrogen and oxygen atoms in total. The molecule has 1 amide bonds. The lowest BCUT2D eigenvalue weighted by molar-refractivity contribution is -0.138. The first-order valence-electron chi connectivity index (χ1n) is 14.7. The third-order valence-corrected chi connectivity index (χ3v) is 8.57. The number of morpholine rings is 1. The van der Waals surface area contributed by atoms with Crippen LogP contribution in [-0.4, -0.2) is 84.3 Å². The van der Waals surface area contributed by atoms with E-state index in [0.717, 1.165) is 32.1 Å². The van der Waals surface area contributed by atoms with Gasteiger partial charge in [0, 0.05) is 68.0 Å². The van der Waals surface area contributed by atoms with Crippen LogP contribution < -0.4 is 20.7 Å². The van der Waals surface area contributed by atoms with Crippen LogP contribution in [0.2, 0.25) is 0 Å². The van der Waals surface area contributed by atoms with E-state index in [9.17, 15) is 22.8 Å². The highest BCUT2D eigenvalue weighted by Gasteiger charge is 2.42. The molecule has 2 aromatic heterocycles. The van der Waals surface area contributed by atoms with Crippen molar-refractivity contribution in [2.75, 3.05) is 67.6 Å². The number of halogens is 4. The van der Waals surface area contributed by atoms with E-state index in [1.54, 1.807) is 0 Å². The van der Waals surface area contributed by atoms with E-state index in [0.29, 0.717) is 68.6 Å². The van der Waals surface area contributed by atoms with Gasteiger partial charge in [0.05, 0.1) is 35.7 Å². The van der Waals surface area contributed by atoms with E-state index in [4.69, 9.17) is 4.74 Å². The van der Waals surface area contributed by atoms with Crippen molar-refractivity contribution >= 4 is 23.2 Å². The molecule has 0 spiro atoms. The zero-order valence-corrected chi connectivity index (χ0v) is 24.2. The molecule has 0 saturated carbocycles. The summed E-state index contributed by atoms with van der Waals surface area (Å²) in [4.78, 5) is 42.3. The second kappa shape index (κ2) is 12.2. The Morgan fingerprint density at radius 3 is 2.55 bits per heavy atom. The maximum atomic E-state index is 15.8. The minimum absolute atomic E-state index is 0.0853. The fourth-order valence-corrected chi connectivity index (χ4v) is 6.43. The van der Waals surface area contributed by atoms with Gasteiger partial charge in [-0.15, -0.1) is 0 Å². The summed E-state index contributed by atoms with van der Waals surface area (Å²) < 4.78 is 62.5. The predicted octanol–water partition coefficient (Wildman–Crippen LogP) is 4.00. The monoisotopic (exact) mass is 615 g/mol. The number of benzene rings is 1. The van der Waals surface area contributed by atoms with Gasteiger partial charge in [-0.3, -0.25) is 14.5 Å². The fraction of sp³-hybridized carbons (Fsp3) is 0.467. The van der Waals surface area contributed by atoms with Crippen LogP contribution in [0.5, 0.6) is 0 Å². The highest BCUT2D eigenvalue weighted by Crippen LogP contribution is 2.40. The molecule has 3 aromatic rings. The number of amides is 1. The molecule has 3 fully saturated rings. The van der Waals surface area contributed by atoms with Crippen LogP contribution in [0.25, 0.3) is 11.1 Å². The number of nitrogens with zero attached hydrogens (tertiary/aromatic N) is 5. The lowest BCUT2D eigenvalue weighted by Crippen LogP contribution is -2.37. The summed E-state index contributed by atoms with van der Waals surface area (Å²) in [6.07, 6.45) is 0.754. The Kier molecular flexibility index (Phi) is 8.29. The number of likely N-dealkylation sites (tertiary alicyclic amines) is 1. The lowest BCUT2D eigenvalue weighted by atomic mass is 10.0. The smallest absolute Gasteiger partial charge is 0.378 e. The van der Waals surface area contributed by atoms with E-state index in [1.165, 1.54) is 24.5 Å². The summed E-state index contributed by atoms with van der Waals surface area (Å²) in [6, 6.07) is 3.33. The van der Waals surface area contributed by atoms with Crippen molar-refractivity contribution in [2.45, 2.75) is 32.0 Å². The quantitative estimate of drug-likeness (QED) is 0.385. The summed E-state index contributed by atoms with van der Waals surface area (Å²) in [5.41, 5.74) is -2.16. The van der Waals surface area contributed by atoms with Crippen LogP contribution in [0.3, 0.4) is 0 Å². The maximum Gasteiger partial charge on any atom is 0.417 e. The molecule has 44 heavy (non-hydrogen) atoms. The Morgan fingerprint density at radius 1 is 1.09 bits per heavy atom. The number of alkyl halides is 3. The van der Waals surface area contributed by atoms with Crippen LogP contribution in [0.15, 0.2) is 41.6 Å². The Balaban J connectivity index is 1.36. The van der Waals surface area contributed by atoms with Crippen LogP contribution in [0.4, 0.5) is 34.9 Å². The maximum absolute atomic E-state index is 15.8. The zero-order valence-electron chi connectivity index (χ0n) is 24.2. The van der Waals surface area contributed by atoms with Gasteiger partial charge in [-0.05, 0) is 44.0 Å². The Bertz CT molecular complexity index is 1570. The number of nitrogens with one attached hydrogen (secondary N) is 2.